The Balaban J connectivity index is 1.60. The zero-order valence-corrected chi connectivity index (χ0v) is 30.2. The first-order chi connectivity index (χ1) is 24.8. The molecule has 3 atom stereocenters. The number of rotatable bonds is 14. The molecule has 16 nitrogen and oxygen atoms in total. The molecule has 4 rings (SSSR count). The van der Waals surface area contributed by atoms with E-state index in [0.29, 0.717) is 57.3 Å². The lowest BCUT2D eigenvalue weighted by Gasteiger charge is -2.44. The van der Waals surface area contributed by atoms with E-state index in [2.05, 4.69) is 10.4 Å². The average molecular weight is 724 g/mol. The Kier molecular flexibility index (Phi) is 14.1. The maximum atomic E-state index is 14.7. The Hall–Kier alpha value is -5.09. The van der Waals surface area contributed by atoms with Crippen molar-refractivity contribution in [3.63, 3.8) is 0 Å². The van der Waals surface area contributed by atoms with Crippen LogP contribution in [0.5, 0.6) is 0 Å². The molecule has 2 heterocycles. The maximum absolute atomic E-state index is 14.7. The number of nitrogens with zero attached hydrogens (tertiary/aromatic N) is 5. The van der Waals surface area contributed by atoms with Crippen molar-refractivity contribution >= 4 is 35.5 Å². The zero-order chi connectivity index (χ0) is 37.8. The second-order valence-electron chi connectivity index (χ2n) is 13.7. The number of anilines is 1. The predicted octanol–water partition coefficient (Wildman–Crippen LogP) is 3.43. The Bertz CT molecular complexity index is 1580. The third kappa shape index (κ3) is 11.0. The molecule has 0 aliphatic carbocycles. The van der Waals surface area contributed by atoms with E-state index in [1.807, 2.05) is 52.4 Å². The number of nitrogens with one attached hydrogen (secondary N) is 1. The van der Waals surface area contributed by atoms with E-state index in [9.17, 15) is 29.3 Å². The average Bonchev–Trinajstić information content (AvgIpc) is 3.26. The summed E-state index contributed by atoms with van der Waals surface area (Å²) in [5.41, 5.74) is 7.06. The summed E-state index contributed by atoms with van der Waals surface area (Å²) in [6.45, 7) is 7.79. The summed E-state index contributed by atoms with van der Waals surface area (Å²) >= 11 is 0. The molecule has 0 unspecified atom stereocenters. The maximum Gasteiger partial charge on any atom is 0.333 e. The standard InChI is InChI=1S/C36H49N7O9/c1-5-50-32(45)29(20-17-25-15-18-27(19-16-25)38-35(37)39-43(48)49)41(23-26-11-7-6-8-12-26)28-13-9-21-40-22-10-14-30(42(40)31(28)44)33(46)51-24-52-34(47)36(2,3)4/h6-8,11-12,15-16,18-19,28-30H,5,9-10,13-14,17,20-24H2,1-4H3,(H3,37,38,39)/t28-,29-,30-/m0/s1. The topological polar surface area (TPSA) is 199 Å². The number of ether oxygens (including phenoxy) is 3. The molecule has 2 aromatic carbocycles. The van der Waals surface area contributed by atoms with E-state index in [1.54, 1.807) is 39.8 Å². The molecule has 2 saturated heterocycles. The van der Waals surface area contributed by atoms with Gasteiger partial charge in [-0.05, 0) is 89.5 Å². The lowest BCUT2D eigenvalue weighted by molar-refractivity contribution is -0.485. The molecule has 52 heavy (non-hydrogen) atoms. The van der Waals surface area contributed by atoms with Crippen LogP contribution in [-0.2, 0) is 46.4 Å². The lowest BCUT2D eigenvalue weighted by Crippen LogP contribution is -2.62. The van der Waals surface area contributed by atoms with Gasteiger partial charge in [0.05, 0.1) is 18.1 Å². The van der Waals surface area contributed by atoms with Gasteiger partial charge in [0.2, 0.25) is 6.79 Å². The van der Waals surface area contributed by atoms with E-state index in [0.717, 1.165) is 11.1 Å². The highest BCUT2D eigenvalue weighted by Gasteiger charge is 2.46. The number of nitro groups is 1. The highest BCUT2D eigenvalue weighted by molar-refractivity contribution is 5.91. The van der Waals surface area contributed by atoms with E-state index < -0.39 is 53.3 Å². The third-order valence-electron chi connectivity index (χ3n) is 8.86. The van der Waals surface area contributed by atoms with E-state index >= 15 is 0 Å². The van der Waals surface area contributed by atoms with Gasteiger partial charge in [0.1, 0.15) is 17.2 Å². The monoisotopic (exact) mass is 723 g/mol. The third-order valence-corrected chi connectivity index (χ3v) is 8.86. The van der Waals surface area contributed by atoms with Crippen LogP contribution in [0.3, 0.4) is 0 Å². The van der Waals surface area contributed by atoms with Gasteiger partial charge in [-0.15, -0.1) is 0 Å². The normalized spacial score (nSPS) is 18.9. The van der Waals surface area contributed by atoms with Crippen molar-refractivity contribution in [2.24, 2.45) is 16.3 Å². The molecule has 2 aliphatic rings. The predicted molar refractivity (Wildman–Crippen MR) is 190 cm³/mol. The summed E-state index contributed by atoms with van der Waals surface area (Å²) in [5, 5.41) is 18.8. The lowest BCUT2D eigenvalue weighted by atomic mass is 9.98. The number of hydrogen-bond donors (Lipinski definition) is 2. The van der Waals surface area contributed by atoms with Gasteiger partial charge in [-0.3, -0.25) is 24.3 Å². The number of carbonyl (C=O) groups excluding carboxylic acids is 4. The van der Waals surface area contributed by atoms with Gasteiger partial charge >= 0.3 is 17.9 Å². The van der Waals surface area contributed by atoms with Crippen LogP contribution in [0.1, 0.15) is 70.9 Å². The molecule has 2 fully saturated rings. The van der Waals surface area contributed by atoms with Gasteiger partial charge in [-0.25, -0.2) is 19.9 Å². The van der Waals surface area contributed by atoms with Gasteiger partial charge in [0, 0.05) is 25.3 Å². The van der Waals surface area contributed by atoms with Crippen LogP contribution in [0, 0.1) is 15.5 Å². The number of guanidine groups is 1. The van der Waals surface area contributed by atoms with Crippen LogP contribution in [0.25, 0.3) is 0 Å². The molecule has 0 bridgehead atoms. The summed E-state index contributed by atoms with van der Waals surface area (Å²) in [6.07, 6.45) is 2.85. The van der Waals surface area contributed by atoms with Crippen molar-refractivity contribution in [3.05, 3.63) is 75.8 Å². The highest BCUT2D eigenvalue weighted by atomic mass is 16.7. The Labute approximate surface area is 303 Å². The fraction of sp³-hybridized carbons (Fsp3) is 0.528. The number of fused-ring (bicyclic) bond motifs is 1. The second-order valence-corrected chi connectivity index (χ2v) is 13.7. The van der Waals surface area contributed by atoms with Crippen LogP contribution >= 0.6 is 0 Å². The van der Waals surface area contributed by atoms with E-state index in [1.165, 1.54) is 5.01 Å². The minimum Gasteiger partial charge on any atom is -0.465 e. The molecule has 3 N–H and O–H groups in total. The van der Waals surface area contributed by atoms with Gasteiger partial charge in [0.25, 0.3) is 11.9 Å². The number of hydrazine groups is 1. The minimum absolute atomic E-state index is 0.147. The van der Waals surface area contributed by atoms with Crippen molar-refractivity contribution < 1.29 is 38.4 Å². The zero-order valence-electron chi connectivity index (χ0n) is 30.2. The molecule has 2 aromatic rings. The van der Waals surface area contributed by atoms with Gasteiger partial charge in [0.15, 0.2) is 5.03 Å². The van der Waals surface area contributed by atoms with Crippen LogP contribution < -0.4 is 11.1 Å². The Morgan fingerprint density at radius 2 is 1.69 bits per heavy atom. The number of nitrogens with two attached hydrogens (primary N) is 1. The van der Waals surface area contributed by atoms with Crippen molar-refractivity contribution in [2.75, 3.05) is 31.8 Å². The van der Waals surface area contributed by atoms with E-state index in [-0.39, 0.29) is 25.0 Å². The van der Waals surface area contributed by atoms with Crippen molar-refractivity contribution in [1.82, 2.24) is 14.9 Å². The largest absolute Gasteiger partial charge is 0.465 e. The van der Waals surface area contributed by atoms with Gasteiger partial charge < -0.3 is 25.3 Å². The van der Waals surface area contributed by atoms with Gasteiger partial charge in [-0.2, -0.15) is 0 Å². The van der Waals surface area contributed by atoms with Crippen molar-refractivity contribution in [3.8, 4) is 0 Å². The van der Waals surface area contributed by atoms with Crippen LogP contribution in [-0.4, -0.2) is 94.3 Å². The number of hydrogen-bond acceptors (Lipinski definition) is 11. The molecule has 2 aliphatic heterocycles. The quantitative estimate of drug-likeness (QED) is 0.0718. The Morgan fingerprint density at radius 3 is 2.33 bits per heavy atom. The summed E-state index contributed by atoms with van der Waals surface area (Å²) in [7, 11) is 0. The van der Waals surface area contributed by atoms with Crippen molar-refractivity contribution in [1.29, 1.82) is 0 Å². The first-order valence-corrected chi connectivity index (χ1v) is 17.5. The summed E-state index contributed by atoms with van der Waals surface area (Å²) < 4.78 is 16.1. The summed E-state index contributed by atoms with van der Waals surface area (Å²) in [4.78, 5) is 66.7. The molecule has 0 radical (unpaired) electrons. The first-order valence-electron chi connectivity index (χ1n) is 17.5. The highest BCUT2D eigenvalue weighted by Crippen LogP contribution is 2.30. The number of benzene rings is 2. The molecular formula is C36H49N7O9. The van der Waals surface area contributed by atoms with Crippen LogP contribution in [0.4, 0.5) is 5.69 Å². The molecule has 0 spiro atoms. The smallest absolute Gasteiger partial charge is 0.333 e. The van der Waals surface area contributed by atoms with Crippen LogP contribution in [0.15, 0.2) is 59.7 Å². The van der Waals surface area contributed by atoms with Crippen LogP contribution in [0.2, 0.25) is 0 Å². The van der Waals surface area contributed by atoms with Crippen molar-refractivity contribution in [2.45, 2.75) is 90.9 Å². The molecule has 16 heteroatoms. The number of esters is 3. The fourth-order valence-corrected chi connectivity index (χ4v) is 6.34. The molecule has 282 valence electrons. The van der Waals surface area contributed by atoms with Gasteiger partial charge in [-0.1, -0.05) is 42.5 Å². The Morgan fingerprint density at radius 1 is 1.02 bits per heavy atom. The molecule has 1 amide bonds. The molecular weight excluding hydrogens is 674 g/mol. The summed E-state index contributed by atoms with van der Waals surface area (Å²) in [5.74, 6) is -2.33. The summed E-state index contributed by atoms with van der Waals surface area (Å²) in [6, 6.07) is 14.0. The fourth-order valence-electron chi connectivity index (χ4n) is 6.34. The second kappa shape index (κ2) is 18.4. The minimum atomic E-state index is -0.925. The number of hydrazone groups is 1. The number of carbonyl (C=O) groups is 4. The number of amides is 1. The molecule has 0 aromatic heterocycles. The first kappa shape index (κ1) is 39.7. The number of aryl methyl sites for hydroxylation is 1. The van der Waals surface area contributed by atoms with E-state index in [4.69, 9.17) is 19.9 Å². The SMILES string of the molecule is CCOC(=O)[C@H](CCc1ccc(NC(N)=N[N+](=O)[O-])cc1)N(Cc1ccccc1)[C@H]1CCCN2CCC[C@@H](C(=O)OCOC(=O)C(C)(C)C)N2C1=O. The molecule has 0 saturated carbocycles.